The molecular formula is C19H28ClN2O+. The lowest BCUT2D eigenvalue weighted by Gasteiger charge is -2.32. The van der Waals surface area contributed by atoms with Gasteiger partial charge >= 0.3 is 0 Å². The number of nitrogens with zero attached hydrogens (tertiary/aromatic N) is 1. The summed E-state index contributed by atoms with van der Waals surface area (Å²) in [6.07, 6.45) is 7.27. The SMILES string of the molecule is O=C(CCC1CCCC1)N1CC[NH+](Cc2cccc(Cl)c2)CC1. The fraction of sp³-hybridized carbons (Fsp3) is 0.632. The molecule has 3 nitrogen and oxygen atoms in total. The Morgan fingerprint density at radius 2 is 1.96 bits per heavy atom. The molecule has 4 heteroatoms. The van der Waals surface area contributed by atoms with Crippen molar-refractivity contribution in [2.24, 2.45) is 5.92 Å². The van der Waals surface area contributed by atoms with E-state index in [0.29, 0.717) is 5.91 Å². The number of quaternary nitrogens is 1. The summed E-state index contributed by atoms with van der Waals surface area (Å²) in [5.41, 5.74) is 1.29. The van der Waals surface area contributed by atoms with Crippen LogP contribution >= 0.6 is 11.6 Å². The molecule has 1 aromatic rings. The number of carbonyl (C=O) groups is 1. The highest BCUT2D eigenvalue weighted by Crippen LogP contribution is 2.28. The number of benzene rings is 1. The topological polar surface area (TPSA) is 24.8 Å². The van der Waals surface area contributed by atoms with E-state index < -0.39 is 0 Å². The average molecular weight is 336 g/mol. The molecule has 2 aliphatic rings. The van der Waals surface area contributed by atoms with Gasteiger partial charge in [0.25, 0.3) is 0 Å². The lowest BCUT2D eigenvalue weighted by molar-refractivity contribution is -0.917. The summed E-state index contributed by atoms with van der Waals surface area (Å²) in [6.45, 7) is 4.90. The fourth-order valence-corrected chi connectivity index (χ4v) is 4.18. The summed E-state index contributed by atoms with van der Waals surface area (Å²) in [7, 11) is 0. The molecule has 0 spiro atoms. The monoisotopic (exact) mass is 335 g/mol. The number of halogens is 1. The Labute approximate surface area is 144 Å². The van der Waals surface area contributed by atoms with E-state index in [9.17, 15) is 4.79 Å². The molecule has 0 radical (unpaired) electrons. The highest BCUT2D eigenvalue weighted by Gasteiger charge is 2.24. The number of hydrogen-bond donors (Lipinski definition) is 1. The minimum atomic E-state index is 0.374. The fourth-order valence-electron chi connectivity index (χ4n) is 3.97. The third kappa shape index (κ3) is 4.95. The van der Waals surface area contributed by atoms with Gasteiger partial charge in [-0.15, -0.1) is 0 Å². The summed E-state index contributed by atoms with van der Waals surface area (Å²) in [6, 6.07) is 8.12. The molecular weight excluding hydrogens is 308 g/mol. The normalized spacial score (nSPS) is 20.1. The molecule has 0 aromatic heterocycles. The number of nitrogens with one attached hydrogen (secondary N) is 1. The van der Waals surface area contributed by atoms with Gasteiger partial charge in [-0.1, -0.05) is 49.4 Å². The molecule has 1 amide bonds. The quantitative estimate of drug-likeness (QED) is 0.878. The maximum atomic E-state index is 12.4. The van der Waals surface area contributed by atoms with Crippen molar-refractivity contribution in [1.82, 2.24) is 4.90 Å². The minimum Gasteiger partial charge on any atom is -0.331 e. The van der Waals surface area contributed by atoms with Crippen molar-refractivity contribution >= 4 is 17.5 Å². The first kappa shape index (κ1) is 16.8. The third-order valence-electron chi connectivity index (χ3n) is 5.41. The van der Waals surface area contributed by atoms with Crippen LogP contribution in [0.5, 0.6) is 0 Å². The second-order valence-corrected chi connectivity index (χ2v) is 7.56. The van der Waals surface area contributed by atoms with Crippen LogP contribution in [0.1, 0.15) is 44.1 Å². The van der Waals surface area contributed by atoms with Crippen LogP contribution in [0, 0.1) is 5.92 Å². The van der Waals surface area contributed by atoms with Crippen molar-refractivity contribution < 1.29 is 9.69 Å². The summed E-state index contributed by atoms with van der Waals surface area (Å²) >= 11 is 6.05. The van der Waals surface area contributed by atoms with E-state index in [1.54, 1.807) is 4.90 Å². The van der Waals surface area contributed by atoms with Crippen LogP contribution in [0.3, 0.4) is 0 Å². The number of hydrogen-bond acceptors (Lipinski definition) is 1. The summed E-state index contributed by atoms with van der Waals surface area (Å²) in [5, 5.41) is 0.808. The minimum absolute atomic E-state index is 0.374. The largest absolute Gasteiger partial charge is 0.331 e. The van der Waals surface area contributed by atoms with Crippen molar-refractivity contribution in [2.75, 3.05) is 26.2 Å². The van der Waals surface area contributed by atoms with Gasteiger partial charge in [0.05, 0.1) is 26.2 Å². The average Bonchev–Trinajstić information content (AvgIpc) is 3.07. The van der Waals surface area contributed by atoms with Gasteiger partial charge in [0.2, 0.25) is 5.91 Å². The lowest BCUT2D eigenvalue weighted by atomic mass is 10.0. The zero-order valence-corrected chi connectivity index (χ0v) is 14.7. The Bertz CT molecular complexity index is 520. The van der Waals surface area contributed by atoms with E-state index in [1.807, 2.05) is 18.2 Å². The van der Waals surface area contributed by atoms with Gasteiger partial charge in [0.1, 0.15) is 6.54 Å². The number of amides is 1. The van der Waals surface area contributed by atoms with E-state index in [4.69, 9.17) is 11.6 Å². The van der Waals surface area contributed by atoms with Crippen LogP contribution in [0.15, 0.2) is 24.3 Å². The molecule has 3 rings (SSSR count). The van der Waals surface area contributed by atoms with E-state index in [-0.39, 0.29) is 0 Å². The van der Waals surface area contributed by atoms with E-state index in [1.165, 1.54) is 31.2 Å². The molecule has 1 N–H and O–H groups in total. The second-order valence-electron chi connectivity index (χ2n) is 7.13. The maximum absolute atomic E-state index is 12.4. The third-order valence-corrected chi connectivity index (χ3v) is 5.64. The molecule has 1 aromatic carbocycles. The van der Waals surface area contributed by atoms with Gasteiger partial charge in [-0.2, -0.15) is 0 Å². The Hall–Kier alpha value is -1.06. The molecule has 0 unspecified atom stereocenters. The van der Waals surface area contributed by atoms with Crippen LogP contribution in [0.25, 0.3) is 0 Å². The molecule has 1 aliphatic heterocycles. The first-order valence-corrected chi connectivity index (χ1v) is 9.44. The highest BCUT2D eigenvalue weighted by molar-refractivity contribution is 6.30. The van der Waals surface area contributed by atoms with Gasteiger partial charge in [-0.05, 0) is 24.5 Å². The smallest absolute Gasteiger partial charge is 0.222 e. The molecule has 126 valence electrons. The molecule has 0 bridgehead atoms. The van der Waals surface area contributed by atoms with Crippen molar-refractivity contribution in [3.05, 3.63) is 34.9 Å². The second kappa shape index (κ2) is 8.16. The van der Waals surface area contributed by atoms with Crippen molar-refractivity contribution in [1.29, 1.82) is 0 Å². The van der Waals surface area contributed by atoms with E-state index >= 15 is 0 Å². The first-order valence-electron chi connectivity index (χ1n) is 9.06. The standard InChI is InChI=1S/C19H27ClN2O/c20-18-7-3-6-17(14-18)15-21-10-12-22(13-11-21)19(23)9-8-16-4-1-2-5-16/h3,6-7,14,16H,1-2,4-5,8-13,15H2/p+1. The van der Waals surface area contributed by atoms with E-state index in [2.05, 4.69) is 11.0 Å². The lowest BCUT2D eigenvalue weighted by Crippen LogP contribution is -3.13. The Morgan fingerprint density at radius 1 is 1.22 bits per heavy atom. The molecule has 1 saturated carbocycles. The number of piperazine rings is 1. The molecule has 1 saturated heterocycles. The summed E-state index contributed by atoms with van der Waals surface area (Å²) in [5.74, 6) is 1.19. The van der Waals surface area contributed by atoms with Crippen molar-refractivity contribution in [2.45, 2.75) is 45.1 Å². The maximum Gasteiger partial charge on any atom is 0.222 e. The molecule has 1 heterocycles. The van der Waals surface area contributed by atoms with Crippen LogP contribution in [0.2, 0.25) is 5.02 Å². The van der Waals surface area contributed by atoms with Crippen LogP contribution in [0.4, 0.5) is 0 Å². The molecule has 2 fully saturated rings. The van der Waals surface area contributed by atoms with Gasteiger partial charge in [-0.25, -0.2) is 0 Å². The van der Waals surface area contributed by atoms with Gasteiger partial charge in [-0.3, -0.25) is 4.79 Å². The van der Waals surface area contributed by atoms with Gasteiger partial charge in [0.15, 0.2) is 0 Å². The van der Waals surface area contributed by atoms with Crippen molar-refractivity contribution in [3.8, 4) is 0 Å². The van der Waals surface area contributed by atoms with Crippen LogP contribution in [-0.4, -0.2) is 37.0 Å². The Balaban J connectivity index is 1.40. The Kier molecular flexibility index (Phi) is 5.96. The summed E-state index contributed by atoms with van der Waals surface area (Å²) < 4.78 is 0. The van der Waals surface area contributed by atoms with Gasteiger partial charge in [0, 0.05) is 17.0 Å². The van der Waals surface area contributed by atoms with Crippen molar-refractivity contribution in [3.63, 3.8) is 0 Å². The molecule has 23 heavy (non-hydrogen) atoms. The van der Waals surface area contributed by atoms with Crippen LogP contribution < -0.4 is 4.90 Å². The molecule has 0 atom stereocenters. The van der Waals surface area contributed by atoms with Gasteiger partial charge < -0.3 is 9.80 Å². The van der Waals surface area contributed by atoms with E-state index in [0.717, 1.165) is 56.5 Å². The first-order chi connectivity index (χ1) is 11.2. The van der Waals surface area contributed by atoms with Crippen LogP contribution in [-0.2, 0) is 11.3 Å². The molecule has 1 aliphatic carbocycles. The zero-order valence-electron chi connectivity index (χ0n) is 13.9. The predicted octanol–water partition coefficient (Wildman–Crippen LogP) is 2.54. The summed E-state index contributed by atoms with van der Waals surface area (Å²) in [4.78, 5) is 16.0. The number of rotatable bonds is 5. The zero-order chi connectivity index (χ0) is 16.1. The Morgan fingerprint density at radius 3 is 2.65 bits per heavy atom. The number of carbonyl (C=O) groups excluding carboxylic acids is 1. The predicted molar refractivity (Wildman–Crippen MR) is 93.6 cm³/mol. The highest BCUT2D eigenvalue weighted by atomic mass is 35.5.